The average molecular weight is 659 g/mol. The molecule has 0 aromatic heterocycles. The third-order valence-corrected chi connectivity index (χ3v) is 11.5. The van der Waals surface area contributed by atoms with E-state index < -0.39 is 0 Å². The Kier molecular flexibility index (Phi) is 6.48. The van der Waals surface area contributed by atoms with Crippen molar-refractivity contribution >= 4 is 64.6 Å². The van der Waals surface area contributed by atoms with Crippen molar-refractivity contribution in [2.75, 3.05) is 0 Å². The van der Waals surface area contributed by atoms with Crippen molar-refractivity contribution in [2.45, 2.75) is 12.3 Å². The Morgan fingerprint density at radius 1 is 0.365 bits per heavy atom. The molecule has 0 saturated carbocycles. The van der Waals surface area contributed by atoms with Crippen LogP contribution in [0, 0.1) is 0 Å². The van der Waals surface area contributed by atoms with Crippen molar-refractivity contribution in [3.05, 3.63) is 194 Å². The maximum Gasteiger partial charge on any atom is 0.00559 e. The van der Waals surface area contributed by atoms with Gasteiger partial charge in [0, 0.05) is 5.92 Å². The number of benzene rings is 10. The molecule has 10 aromatic carbocycles. The molecule has 1 atom stereocenters. The van der Waals surface area contributed by atoms with Gasteiger partial charge in [-0.3, -0.25) is 0 Å². The molecular weight excluding hydrogens is 625 g/mol. The van der Waals surface area contributed by atoms with Crippen molar-refractivity contribution in [2.24, 2.45) is 0 Å². The molecule has 242 valence electrons. The normalized spacial score (nSPS) is 14.5. The third-order valence-electron chi connectivity index (χ3n) is 11.5. The fraction of sp³-hybridized carbons (Fsp3) is 0.0385. The predicted octanol–water partition coefficient (Wildman–Crippen LogP) is 14.6. The zero-order valence-corrected chi connectivity index (χ0v) is 28.7. The second-order valence-corrected chi connectivity index (χ2v) is 14.3. The first-order chi connectivity index (χ1) is 25.8. The molecule has 0 heterocycles. The van der Waals surface area contributed by atoms with Crippen LogP contribution >= 0.6 is 0 Å². The van der Waals surface area contributed by atoms with Crippen molar-refractivity contribution in [1.29, 1.82) is 0 Å². The third kappa shape index (κ3) is 4.34. The molecule has 0 bridgehead atoms. The first-order valence-electron chi connectivity index (χ1n) is 18.4. The summed E-state index contributed by atoms with van der Waals surface area (Å²) in [6.07, 6.45) is 10.0. The molecule has 0 spiro atoms. The fourth-order valence-corrected chi connectivity index (χ4v) is 9.18. The van der Waals surface area contributed by atoms with E-state index in [1.165, 1.54) is 104 Å². The van der Waals surface area contributed by atoms with Gasteiger partial charge in [0.2, 0.25) is 0 Å². The van der Waals surface area contributed by atoms with E-state index in [-0.39, 0.29) is 0 Å². The van der Waals surface area contributed by atoms with Gasteiger partial charge in [0.1, 0.15) is 0 Å². The summed E-state index contributed by atoms with van der Waals surface area (Å²) < 4.78 is 0. The molecule has 52 heavy (non-hydrogen) atoms. The van der Waals surface area contributed by atoms with Crippen molar-refractivity contribution < 1.29 is 0 Å². The molecule has 0 aliphatic heterocycles. The minimum Gasteiger partial charge on any atom is -0.0836 e. The Balaban J connectivity index is 1.31. The Labute approximate surface area is 302 Å². The molecule has 10 aromatic rings. The summed E-state index contributed by atoms with van der Waals surface area (Å²) in [7, 11) is 0. The highest BCUT2D eigenvalue weighted by Crippen LogP contribution is 2.49. The SMILES string of the molecule is C1=CCC(c2ccc3c(-c4ccc5c6cccc7cccc(c8cccc4c85)c76)c4cc(-c5ccccc5)ccc4c(-c4ccccc4)c3c2)C=C1. The number of allylic oxidation sites excluding steroid dienone is 4. The van der Waals surface area contributed by atoms with Crippen LogP contribution in [0.3, 0.4) is 0 Å². The summed E-state index contributed by atoms with van der Waals surface area (Å²) in [6, 6.07) is 61.5. The lowest BCUT2D eigenvalue weighted by molar-refractivity contribution is 0.855. The summed E-state index contributed by atoms with van der Waals surface area (Å²) in [5, 5.41) is 15.7. The standard InChI is InChI=1S/C52H34/c1-4-13-33(14-5-1)37-26-28-46-47(31-37)50(35-17-8-3-9-18-35)45-27-25-38(34-15-6-2-7-16-34)32-48(45)52(46)44-30-29-43-40-22-11-20-36-19-10-21-39(49(36)40)41-23-12-24-42(44)51(41)43/h1-13,15-33H,14H2. The maximum atomic E-state index is 2.49. The lowest BCUT2D eigenvalue weighted by Gasteiger charge is -2.22. The van der Waals surface area contributed by atoms with Crippen LogP contribution in [0.5, 0.6) is 0 Å². The molecular formula is C52H34. The van der Waals surface area contributed by atoms with Gasteiger partial charge in [0.25, 0.3) is 0 Å². The smallest absolute Gasteiger partial charge is 0.00559 e. The van der Waals surface area contributed by atoms with Gasteiger partial charge in [0.15, 0.2) is 0 Å². The predicted molar refractivity (Wildman–Crippen MR) is 225 cm³/mol. The molecule has 0 radical (unpaired) electrons. The monoisotopic (exact) mass is 658 g/mol. The van der Waals surface area contributed by atoms with E-state index in [9.17, 15) is 0 Å². The highest BCUT2D eigenvalue weighted by molar-refractivity contribution is 6.35. The van der Waals surface area contributed by atoms with Gasteiger partial charge < -0.3 is 0 Å². The lowest BCUT2D eigenvalue weighted by Crippen LogP contribution is -1.98. The van der Waals surface area contributed by atoms with Crippen LogP contribution < -0.4 is 0 Å². The zero-order valence-electron chi connectivity index (χ0n) is 28.7. The molecule has 0 fully saturated rings. The van der Waals surface area contributed by atoms with E-state index in [0.717, 1.165) is 6.42 Å². The Bertz CT molecular complexity index is 3020. The molecule has 0 amide bonds. The topological polar surface area (TPSA) is 0 Å². The Morgan fingerprint density at radius 2 is 0.981 bits per heavy atom. The van der Waals surface area contributed by atoms with Gasteiger partial charge in [0.05, 0.1) is 0 Å². The minimum absolute atomic E-state index is 0.362. The molecule has 1 aliphatic carbocycles. The quantitative estimate of drug-likeness (QED) is 0.130. The van der Waals surface area contributed by atoms with Crippen molar-refractivity contribution in [3.8, 4) is 33.4 Å². The number of rotatable bonds is 4. The van der Waals surface area contributed by atoms with Crippen LogP contribution in [0.2, 0.25) is 0 Å². The molecule has 0 nitrogen and oxygen atoms in total. The highest BCUT2D eigenvalue weighted by atomic mass is 14.3. The molecule has 11 rings (SSSR count). The Morgan fingerprint density at radius 3 is 1.73 bits per heavy atom. The van der Waals surface area contributed by atoms with E-state index in [0.29, 0.717) is 5.92 Å². The molecule has 1 aliphatic rings. The van der Waals surface area contributed by atoms with Gasteiger partial charge in [-0.25, -0.2) is 0 Å². The van der Waals surface area contributed by atoms with Crippen molar-refractivity contribution in [3.63, 3.8) is 0 Å². The zero-order chi connectivity index (χ0) is 34.2. The van der Waals surface area contributed by atoms with Gasteiger partial charge in [-0.2, -0.15) is 0 Å². The summed E-state index contributed by atoms with van der Waals surface area (Å²) >= 11 is 0. The number of hydrogen-bond acceptors (Lipinski definition) is 0. The summed E-state index contributed by atoms with van der Waals surface area (Å²) in [5.74, 6) is 0.362. The summed E-state index contributed by atoms with van der Waals surface area (Å²) in [6.45, 7) is 0. The average Bonchev–Trinajstić information content (AvgIpc) is 3.22. The minimum atomic E-state index is 0.362. The van der Waals surface area contributed by atoms with Crippen LogP contribution in [0.1, 0.15) is 17.9 Å². The summed E-state index contributed by atoms with van der Waals surface area (Å²) in [5.41, 5.74) is 8.94. The second-order valence-electron chi connectivity index (χ2n) is 14.3. The molecule has 0 saturated heterocycles. The van der Waals surface area contributed by atoms with E-state index in [1.807, 2.05) is 0 Å². The fourth-order valence-electron chi connectivity index (χ4n) is 9.18. The lowest BCUT2D eigenvalue weighted by atomic mass is 9.81. The largest absolute Gasteiger partial charge is 0.0836 e. The van der Waals surface area contributed by atoms with E-state index >= 15 is 0 Å². The molecule has 0 N–H and O–H groups in total. The van der Waals surface area contributed by atoms with Crippen LogP contribution in [-0.4, -0.2) is 0 Å². The van der Waals surface area contributed by atoms with E-state index in [1.54, 1.807) is 0 Å². The Hall–Kier alpha value is -6.50. The van der Waals surface area contributed by atoms with Gasteiger partial charge in [-0.1, -0.05) is 176 Å². The van der Waals surface area contributed by atoms with E-state index in [4.69, 9.17) is 0 Å². The first-order valence-corrected chi connectivity index (χ1v) is 18.4. The second kappa shape index (κ2) is 11.5. The van der Waals surface area contributed by atoms with Gasteiger partial charge in [-0.05, 0) is 122 Å². The first kappa shape index (κ1) is 29.3. The van der Waals surface area contributed by atoms with Gasteiger partial charge in [-0.15, -0.1) is 0 Å². The van der Waals surface area contributed by atoms with Crippen LogP contribution in [0.15, 0.2) is 188 Å². The maximum absolute atomic E-state index is 2.49. The van der Waals surface area contributed by atoms with Crippen LogP contribution in [0.25, 0.3) is 98.0 Å². The van der Waals surface area contributed by atoms with Crippen molar-refractivity contribution in [1.82, 2.24) is 0 Å². The number of hydrogen-bond donors (Lipinski definition) is 0. The van der Waals surface area contributed by atoms with E-state index in [2.05, 4.69) is 188 Å². The number of fused-ring (bicyclic) bond motifs is 4. The van der Waals surface area contributed by atoms with Gasteiger partial charge >= 0.3 is 0 Å². The summed E-state index contributed by atoms with van der Waals surface area (Å²) in [4.78, 5) is 0. The van der Waals surface area contributed by atoms with Crippen LogP contribution in [0.4, 0.5) is 0 Å². The molecule has 1 unspecified atom stereocenters. The van der Waals surface area contributed by atoms with Crippen LogP contribution in [-0.2, 0) is 0 Å². The highest BCUT2D eigenvalue weighted by Gasteiger charge is 2.22. The molecule has 0 heteroatoms.